The summed E-state index contributed by atoms with van der Waals surface area (Å²) in [4.78, 5) is 16.9. The highest BCUT2D eigenvalue weighted by Crippen LogP contribution is 2.56. The molecule has 0 spiro atoms. The van der Waals surface area contributed by atoms with Gasteiger partial charge in [-0.25, -0.2) is 0 Å². The van der Waals surface area contributed by atoms with Gasteiger partial charge in [-0.2, -0.15) is 0 Å². The van der Waals surface area contributed by atoms with Gasteiger partial charge in [0.05, 0.1) is 5.92 Å². The maximum Gasteiger partial charge on any atom is 0.310 e. The van der Waals surface area contributed by atoms with Gasteiger partial charge in [0.2, 0.25) is 0 Å². The van der Waals surface area contributed by atoms with Crippen LogP contribution in [0, 0.1) is 17.8 Å². The standard InChI is InChI=1S/C20H21NO2/c22-20(18-16-10-4-5-11-17(16)18)23-19(14-7-2-1-3-8-14)15-9-6-12-21-13-15/h1-3,6-9,12-13,16-19H,4-5,10-11H2/t16-,17+,18?,19-/m0/s1. The van der Waals surface area contributed by atoms with E-state index >= 15 is 0 Å². The average Bonchev–Trinajstić information content (AvgIpc) is 3.35. The molecule has 2 saturated carbocycles. The van der Waals surface area contributed by atoms with E-state index in [0.717, 1.165) is 11.1 Å². The van der Waals surface area contributed by atoms with Crippen LogP contribution in [0.3, 0.4) is 0 Å². The van der Waals surface area contributed by atoms with Gasteiger partial charge in [0.15, 0.2) is 6.10 Å². The van der Waals surface area contributed by atoms with Crippen LogP contribution in [0.4, 0.5) is 0 Å². The number of aromatic nitrogens is 1. The monoisotopic (exact) mass is 307 g/mol. The van der Waals surface area contributed by atoms with E-state index in [1.807, 2.05) is 42.5 Å². The molecule has 2 aliphatic carbocycles. The first kappa shape index (κ1) is 14.4. The van der Waals surface area contributed by atoms with Crippen molar-refractivity contribution in [2.45, 2.75) is 31.8 Å². The Morgan fingerprint density at radius 3 is 2.35 bits per heavy atom. The van der Waals surface area contributed by atoms with Crippen molar-refractivity contribution in [2.75, 3.05) is 0 Å². The minimum absolute atomic E-state index is 0.0281. The highest BCUT2D eigenvalue weighted by molar-refractivity contribution is 5.77. The minimum Gasteiger partial charge on any atom is -0.452 e. The largest absolute Gasteiger partial charge is 0.452 e. The number of ether oxygens (including phenoxy) is 1. The van der Waals surface area contributed by atoms with E-state index in [1.165, 1.54) is 25.7 Å². The van der Waals surface area contributed by atoms with Crippen LogP contribution in [0.15, 0.2) is 54.9 Å². The van der Waals surface area contributed by atoms with Crippen molar-refractivity contribution in [3.8, 4) is 0 Å². The lowest BCUT2D eigenvalue weighted by atomic mass is 10.0. The summed E-state index contributed by atoms with van der Waals surface area (Å²) in [5.74, 6) is 1.24. The molecule has 1 unspecified atom stereocenters. The maximum absolute atomic E-state index is 12.7. The SMILES string of the molecule is O=C(O[C@@H](c1ccccc1)c1cccnc1)C1[C@H]2CCCC[C@@H]12. The van der Waals surface area contributed by atoms with Crippen molar-refractivity contribution < 1.29 is 9.53 Å². The van der Waals surface area contributed by atoms with Crippen molar-refractivity contribution in [2.24, 2.45) is 17.8 Å². The van der Waals surface area contributed by atoms with Crippen LogP contribution in [-0.2, 0) is 9.53 Å². The normalized spacial score (nSPS) is 26.9. The summed E-state index contributed by atoms with van der Waals surface area (Å²) >= 11 is 0. The van der Waals surface area contributed by atoms with Gasteiger partial charge in [-0.05, 0) is 36.3 Å². The number of esters is 1. The van der Waals surface area contributed by atoms with Crippen molar-refractivity contribution in [1.29, 1.82) is 0 Å². The highest BCUT2D eigenvalue weighted by atomic mass is 16.5. The molecule has 0 N–H and O–H groups in total. The highest BCUT2D eigenvalue weighted by Gasteiger charge is 2.56. The van der Waals surface area contributed by atoms with Gasteiger partial charge in [-0.3, -0.25) is 9.78 Å². The molecule has 0 radical (unpaired) electrons. The topological polar surface area (TPSA) is 39.2 Å². The molecular formula is C20H21NO2. The Hall–Kier alpha value is -2.16. The lowest BCUT2D eigenvalue weighted by Gasteiger charge is -2.18. The van der Waals surface area contributed by atoms with E-state index in [0.29, 0.717) is 11.8 Å². The van der Waals surface area contributed by atoms with Crippen molar-refractivity contribution in [3.63, 3.8) is 0 Å². The minimum atomic E-state index is -0.361. The lowest BCUT2D eigenvalue weighted by Crippen LogP contribution is -2.15. The molecule has 0 bridgehead atoms. The molecule has 4 atom stereocenters. The predicted molar refractivity (Wildman–Crippen MR) is 87.6 cm³/mol. The molecule has 2 aromatic rings. The van der Waals surface area contributed by atoms with Gasteiger partial charge in [-0.15, -0.1) is 0 Å². The fourth-order valence-electron chi connectivity index (χ4n) is 4.02. The molecule has 4 rings (SSSR count). The van der Waals surface area contributed by atoms with Crippen LogP contribution < -0.4 is 0 Å². The third-order valence-corrected chi connectivity index (χ3v) is 5.25. The number of rotatable bonds is 4. The van der Waals surface area contributed by atoms with Crippen molar-refractivity contribution in [3.05, 3.63) is 66.0 Å². The molecule has 0 saturated heterocycles. The zero-order valence-electron chi connectivity index (χ0n) is 13.1. The van der Waals surface area contributed by atoms with Crippen LogP contribution in [-0.4, -0.2) is 11.0 Å². The first-order valence-corrected chi connectivity index (χ1v) is 8.50. The fraction of sp³-hybridized carbons (Fsp3) is 0.400. The van der Waals surface area contributed by atoms with Gasteiger partial charge >= 0.3 is 5.97 Å². The maximum atomic E-state index is 12.7. The molecule has 3 nitrogen and oxygen atoms in total. The van der Waals surface area contributed by atoms with Gasteiger partial charge in [0, 0.05) is 18.0 Å². The summed E-state index contributed by atoms with van der Waals surface area (Å²) in [7, 11) is 0. The number of carbonyl (C=O) groups excluding carboxylic acids is 1. The number of carbonyl (C=O) groups is 1. The van der Waals surface area contributed by atoms with E-state index in [-0.39, 0.29) is 18.0 Å². The van der Waals surface area contributed by atoms with Crippen molar-refractivity contribution >= 4 is 5.97 Å². The third-order valence-electron chi connectivity index (χ3n) is 5.25. The Balaban J connectivity index is 1.55. The number of pyridine rings is 1. The summed E-state index contributed by atoms with van der Waals surface area (Å²) in [6.45, 7) is 0. The average molecular weight is 307 g/mol. The van der Waals surface area contributed by atoms with Crippen LogP contribution in [0.5, 0.6) is 0 Å². The first-order valence-electron chi connectivity index (χ1n) is 8.50. The number of benzene rings is 1. The summed E-state index contributed by atoms with van der Waals surface area (Å²) in [5.41, 5.74) is 1.92. The second-order valence-electron chi connectivity index (χ2n) is 6.65. The Kier molecular flexibility index (Phi) is 3.86. The molecule has 3 heteroatoms. The Bertz CT molecular complexity index is 619. The lowest BCUT2D eigenvalue weighted by molar-refractivity contribution is -0.149. The van der Waals surface area contributed by atoms with E-state index in [1.54, 1.807) is 12.4 Å². The summed E-state index contributed by atoms with van der Waals surface area (Å²) in [5, 5.41) is 0. The van der Waals surface area contributed by atoms with Gasteiger partial charge in [-0.1, -0.05) is 49.2 Å². The smallest absolute Gasteiger partial charge is 0.310 e. The second-order valence-corrected chi connectivity index (χ2v) is 6.65. The summed E-state index contributed by atoms with van der Waals surface area (Å²) in [6.07, 6.45) is 8.06. The number of hydrogen-bond acceptors (Lipinski definition) is 3. The molecule has 2 fully saturated rings. The summed E-state index contributed by atoms with van der Waals surface area (Å²) < 4.78 is 5.96. The van der Waals surface area contributed by atoms with E-state index < -0.39 is 0 Å². The number of nitrogens with zero attached hydrogens (tertiary/aromatic N) is 1. The summed E-state index contributed by atoms with van der Waals surface area (Å²) in [6, 6.07) is 13.8. The molecule has 1 heterocycles. The van der Waals surface area contributed by atoms with E-state index in [9.17, 15) is 4.79 Å². The Morgan fingerprint density at radius 2 is 1.70 bits per heavy atom. The number of hydrogen-bond donors (Lipinski definition) is 0. The molecule has 1 aromatic heterocycles. The molecule has 118 valence electrons. The second kappa shape index (κ2) is 6.15. The predicted octanol–water partition coefficient (Wildman–Crippen LogP) is 4.15. The molecule has 0 aliphatic heterocycles. The van der Waals surface area contributed by atoms with E-state index in [2.05, 4.69) is 4.98 Å². The molecule has 0 amide bonds. The quantitative estimate of drug-likeness (QED) is 0.797. The zero-order chi connectivity index (χ0) is 15.6. The van der Waals surface area contributed by atoms with Crippen molar-refractivity contribution in [1.82, 2.24) is 4.98 Å². The van der Waals surface area contributed by atoms with Gasteiger partial charge in [0.25, 0.3) is 0 Å². The fourth-order valence-corrected chi connectivity index (χ4v) is 4.02. The van der Waals surface area contributed by atoms with Gasteiger partial charge in [0.1, 0.15) is 0 Å². The van der Waals surface area contributed by atoms with E-state index in [4.69, 9.17) is 4.74 Å². The molecular weight excluding hydrogens is 286 g/mol. The Morgan fingerprint density at radius 1 is 1.00 bits per heavy atom. The van der Waals surface area contributed by atoms with Gasteiger partial charge < -0.3 is 4.74 Å². The van der Waals surface area contributed by atoms with Crippen LogP contribution in [0.25, 0.3) is 0 Å². The molecule has 1 aromatic carbocycles. The first-order chi connectivity index (χ1) is 11.3. The zero-order valence-corrected chi connectivity index (χ0v) is 13.1. The van der Waals surface area contributed by atoms with Crippen LogP contribution >= 0.6 is 0 Å². The number of fused-ring (bicyclic) bond motifs is 1. The third kappa shape index (κ3) is 2.88. The Labute approximate surface area is 136 Å². The molecule has 2 aliphatic rings. The molecule has 23 heavy (non-hydrogen) atoms. The van der Waals surface area contributed by atoms with Crippen LogP contribution in [0.2, 0.25) is 0 Å². The van der Waals surface area contributed by atoms with Crippen LogP contribution in [0.1, 0.15) is 42.9 Å².